The van der Waals surface area contributed by atoms with E-state index in [1.807, 2.05) is 19.1 Å². The van der Waals surface area contributed by atoms with Gasteiger partial charge in [-0.3, -0.25) is 4.98 Å². The zero-order valence-electron chi connectivity index (χ0n) is 10.6. The Morgan fingerprint density at radius 2 is 2.21 bits per heavy atom. The molecule has 0 aliphatic heterocycles. The molecule has 0 aliphatic rings. The van der Waals surface area contributed by atoms with Crippen LogP contribution in [0.1, 0.15) is 12.6 Å². The molecule has 2 aromatic rings. The highest BCUT2D eigenvalue weighted by atomic mass is 16.5. The quantitative estimate of drug-likeness (QED) is 0.650. The largest absolute Gasteiger partial charge is 0.508 e. The number of aliphatic imine (C=N–C) groups is 1. The van der Waals surface area contributed by atoms with Crippen LogP contribution in [0.25, 0.3) is 0 Å². The van der Waals surface area contributed by atoms with Crippen molar-refractivity contribution in [1.82, 2.24) is 4.98 Å². The number of phenolic OH excluding ortho intramolecular Hbond substituents is 1. The first-order chi connectivity index (χ1) is 9.20. The maximum atomic E-state index is 9.44. The summed E-state index contributed by atoms with van der Waals surface area (Å²) in [5.41, 5.74) is 7.05. The summed E-state index contributed by atoms with van der Waals surface area (Å²) in [5, 5.41) is 9.44. The van der Waals surface area contributed by atoms with Crippen LogP contribution in [-0.4, -0.2) is 22.5 Å². The fraction of sp³-hybridized carbons (Fsp3) is 0.143. The Morgan fingerprint density at radius 3 is 2.89 bits per heavy atom. The van der Waals surface area contributed by atoms with Gasteiger partial charge in [0.1, 0.15) is 28.7 Å². The van der Waals surface area contributed by atoms with Gasteiger partial charge in [-0.15, -0.1) is 0 Å². The van der Waals surface area contributed by atoms with Crippen molar-refractivity contribution in [2.24, 2.45) is 10.7 Å². The van der Waals surface area contributed by atoms with Crippen LogP contribution < -0.4 is 10.5 Å². The normalized spacial score (nSPS) is 11.3. The standard InChI is InChI=1S/C14H15N3O2/c1-2-19-13-9-10(18)6-7-11(13)17-14(15)12-5-3-4-8-16-12/h3-9,18H,2H2,1H3,(H2,15,17). The molecule has 5 nitrogen and oxygen atoms in total. The predicted molar refractivity (Wildman–Crippen MR) is 73.9 cm³/mol. The Balaban J connectivity index is 2.37. The average Bonchev–Trinajstić information content (AvgIpc) is 2.43. The fourth-order valence-electron chi connectivity index (χ4n) is 1.57. The Kier molecular flexibility index (Phi) is 3.97. The van der Waals surface area contributed by atoms with Crippen LogP contribution in [0.5, 0.6) is 11.5 Å². The molecule has 0 atom stereocenters. The third-order valence-corrected chi connectivity index (χ3v) is 2.41. The predicted octanol–water partition coefficient (Wildman–Crippen LogP) is 2.22. The van der Waals surface area contributed by atoms with Crippen molar-refractivity contribution < 1.29 is 9.84 Å². The van der Waals surface area contributed by atoms with Crippen LogP contribution in [0, 0.1) is 0 Å². The summed E-state index contributed by atoms with van der Waals surface area (Å²) in [6.45, 7) is 2.34. The van der Waals surface area contributed by atoms with Gasteiger partial charge >= 0.3 is 0 Å². The molecule has 0 bridgehead atoms. The van der Waals surface area contributed by atoms with E-state index in [2.05, 4.69) is 9.98 Å². The van der Waals surface area contributed by atoms with Gasteiger partial charge in [0.25, 0.3) is 0 Å². The molecule has 0 radical (unpaired) electrons. The van der Waals surface area contributed by atoms with Gasteiger partial charge in [-0.05, 0) is 31.2 Å². The Morgan fingerprint density at radius 1 is 1.37 bits per heavy atom. The summed E-state index contributed by atoms with van der Waals surface area (Å²) < 4.78 is 5.41. The molecule has 0 saturated carbocycles. The molecule has 2 rings (SSSR count). The second kappa shape index (κ2) is 5.86. The van der Waals surface area contributed by atoms with Gasteiger partial charge in [-0.2, -0.15) is 0 Å². The van der Waals surface area contributed by atoms with E-state index in [0.717, 1.165) is 0 Å². The van der Waals surface area contributed by atoms with Crippen molar-refractivity contribution in [1.29, 1.82) is 0 Å². The van der Waals surface area contributed by atoms with E-state index in [1.54, 1.807) is 18.3 Å². The number of nitrogens with zero attached hydrogens (tertiary/aromatic N) is 2. The molecule has 19 heavy (non-hydrogen) atoms. The first-order valence-electron chi connectivity index (χ1n) is 5.92. The van der Waals surface area contributed by atoms with Gasteiger partial charge in [0.15, 0.2) is 0 Å². The minimum absolute atomic E-state index is 0.124. The number of nitrogens with two attached hydrogens (primary N) is 1. The SMILES string of the molecule is CCOc1cc(O)ccc1N=C(N)c1ccccn1. The lowest BCUT2D eigenvalue weighted by atomic mass is 10.2. The van der Waals surface area contributed by atoms with Gasteiger partial charge in [-0.25, -0.2) is 4.99 Å². The molecule has 98 valence electrons. The van der Waals surface area contributed by atoms with E-state index in [-0.39, 0.29) is 5.75 Å². The lowest BCUT2D eigenvalue weighted by Crippen LogP contribution is -2.14. The molecule has 1 aromatic heterocycles. The number of pyridine rings is 1. The lowest BCUT2D eigenvalue weighted by molar-refractivity contribution is 0.339. The van der Waals surface area contributed by atoms with E-state index in [0.29, 0.717) is 29.6 Å². The van der Waals surface area contributed by atoms with Crippen molar-refractivity contribution in [2.45, 2.75) is 6.92 Å². The Hall–Kier alpha value is -2.56. The second-order valence-corrected chi connectivity index (χ2v) is 3.80. The minimum atomic E-state index is 0.124. The molecule has 5 heteroatoms. The summed E-state index contributed by atoms with van der Waals surface area (Å²) >= 11 is 0. The fourth-order valence-corrected chi connectivity index (χ4v) is 1.57. The summed E-state index contributed by atoms with van der Waals surface area (Å²) in [5.74, 6) is 0.910. The number of hydrogen-bond donors (Lipinski definition) is 2. The Labute approximate surface area is 111 Å². The van der Waals surface area contributed by atoms with E-state index in [1.165, 1.54) is 12.1 Å². The van der Waals surface area contributed by atoms with Gasteiger partial charge in [0.05, 0.1) is 6.61 Å². The van der Waals surface area contributed by atoms with Crippen LogP contribution in [0.2, 0.25) is 0 Å². The van der Waals surface area contributed by atoms with Crippen LogP contribution in [0.15, 0.2) is 47.6 Å². The van der Waals surface area contributed by atoms with Crippen molar-refractivity contribution >= 4 is 11.5 Å². The third kappa shape index (κ3) is 3.22. The monoisotopic (exact) mass is 257 g/mol. The molecule has 3 N–H and O–H groups in total. The third-order valence-electron chi connectivity index (χ3n) is 2.41. The number of rotatable bonds is 4. The second-order valence-electron chi connectivity index (χ2n) is 3.80. The zero-order chi connectivity index (χ0) is 13.7. The molecule has 0 amide bonds. The first kappa shape index (κ1) is 12.9. The van der Waals surface area contributed by atoms with E-state index in [9.17, 15) is 5.11 Å². The summed E-state index contributed by atoms with van der Waals surface area (Å²) in [6, 6.07) is 10.1. The minimum Gasteiger partial charge on any atom is -0.508 e. The highest BCUT2D eigenvalue weighted by Gasteiger charge is 2.06. The molecule has 0 aliphatic carbocycles. The lowest BCUT2D eigenvalue weighted by Gasteiger charge is -2.08. The molecule has 1 heterocycles. The number of ether oxygens (including phenoxy) is 1. The van der Waals surface area contributed by atoms with Gasteiger partial charge < -0.3 is 15.6 Å². The molecule has 0 fully saturated rings. The van der Waals surface area contributed by atoms with Crippen LogP contribution in [-0.2, 0) is 0 Å². The van der Waals surface area contributed by atoms with E-state index < -0.39 is 0 Å². The van der Waals surface area contributed by atoms with Crippen molar-refractivity contribution in [3.63, 3.8) is 0 Å². The smallest absolute Gasteiger partial charge is 0.150 e. The van der Waals surface area contributed by atoms with Crippen molar-refractivity contribution in [3.8, 4) is 11.5 Å². The number of benzene rings is 1. The van der Waals surface area contributed by atoms with Gasteiger partial charge in [-0.1, -0.05) is 6.07 Å². The first-order valence-corrected chi connectivity index (χ1v) is 5.92. The Bertz CT molecular complexity index is 582. The number of phenols is 1. The maximum Gasteiger partial charge on any atom is 0.150 e. The maximum absolute atomic E-state index is 9.44. The number of aromatic hydroxyl groups is 1. The van der Waals surface area contributed by atoms with Crippen molar-refractivity contribution in [2.75, 3.05) is 6.61 Å². The average molecular weight is 257 g/mol. The number of hydrogen-bond acceptors (Lipinski definition) is 4. The van der Waals surface area contributed by atoms with E-state index >= 15 is 0 Å². The molecule has 0 unspecified atom stereocenters. The topological polar surface area (TPSA) is 80.7 Å². The van der Waals surface area contributed by atoms with Crippen LogP contribution in [0.3, 0.4) is 0 Å². The number of aromatic nitrogens is 1. The summed E-state index contributed by atoms with van der Waals surface area (Å²) in [4.78, 5) is 8.41. The molecular weight excluding hydrogens is 242 g/mol. The van der Waals surface area contributed by atoms with E-state index in [4.69, 9.17) is 10.5 Å². The zero-order valence-corrected chi connectivity index (χ0v) is 10.6. The molecular formula is C14H15N3O2. The van der Waals surface area contributed by atoms with Gasteiger partial charge in [0.2, 0.25) is 0 Å². The molecule has 1 aromatic carbocycles. The summed E-state index contributed by atoms with van der Waals surface area (Å²) in [7, 11) is 0. The highest BCUT2D eigenvalue weighted by molar-refractivity contribution is 5.97. The van der Waals surface area contributed by atoms with Crippen molar-refractivity contribution in [3.05, 3.63) is 48.3 Å². The van der Waals surface area contributed by atoms with Crippen LogP contribution in [0.4, 0.5) is 5.69 Å². The van der Waals surface area contributed by atoms with Crippen LogP contribution >= 0.6 is 0 Å². The van der Waals surface area contributed by atoms with Gasteiger partial charge in [0, 0.05) is 12.3 Å². The molecule has 0 spiro atoms. The molecule has 0 saturated heterocycles. The number of amidine groups is 1. The highest BCUT2D eigenvalue weighted by Crippen LogP contribution is 2.31. The summed E-state index contributed by atoms with van der Waals surface area (Å²) in [6.07, 6.45) is 1.65.